The maximum atomic E-state index is 11.5. The number of hydrogen-bond acceptors (Lipinski definition) is 4. The van der Waals surface area contributed by atoms with E-state index in [1.165, 1.54) is 0 Å². The summed E-state index contributed by atoms with van der Waals surface area (Å²) in [6, 6.07) is 9.58. The van der Waals surface area contributed by atoms with Crippen molar-refractivity contribution < 1.29 is 14.6 Å². The first kappa shape index (κ1) is 14.5. The Labute approximate surface area is 107 Å². The summed E-state index contributed by atoms with van der Waals surface area (Å²) in [4.78, 5) is 13.5. The number of likely N-dealkylation sites (N-methyl/N-ethyl adjacent to an activating group) is 1. The van der Waals surface area contributed by atoms with Crippen molar-refractivity contribution in [3.05, 3.63) is 35.9 Å². The molecular formula is C13H20N2O3. The van der Waals surface area contributed by atoms with Gasteiger partial charge in [-0.1, -0.05) is 30.3 Å². The smallest absolute Gasteiger partial charge is 0.407 e. The van der Waals surface area contributed by atoms with Crippen LogP contribution >= 0.6 is 0 Å². The zero-order valence-electron chi connectivity index (χ0n) is 10.8. The maximum absolute atomic E-state index is 11.5. The van der Waals surface area contributed by atoms with Crippen molar-refractivity contribution in [1.82, 2.24) is 10.2 Å². The Morgan fingerprint density at radius 3 is 2.61 bits per heavy atom. The van der Waals surface area contributed by atoms with Crippen molar-refractivity contribution >= 4 is 6.09 Å². The van der Waals surface area contributed by atoms with E-state index in [2.05, 4.69) is 5.32 Å². The summed E-state index contributed by atoms with van der Waals surface area (Å²) < 4.78 is 4.81. The number of nitrogens with one attached hydrogen (secondary N) is 1. The second-order valence-electron chi connectivity index (χ2n) is 4.23. The number of ether oxygens (including phenoxy) is 1. The number of nitrogens with zero attached hydrogens (tertiary/aromatic N) is 1. The summed E-state index contributed by atoms with van der Waals surface area (Å²) in [6.07, 6.45) is -0.514. The molecule has 1 amide bonds. The highest BCUT2D eigenvalue weighted by Crippen LogP contribution is 2.13. The van der Waals surface area contributed by atoms with Crippen molar-refractivity contribution in [3.8, 4) is 0 Å². The zero-order chi connectivity index (χ0) is 13.4. The van der Waals surface area contributed by atoms with E-state index in [1.54, 1.807) is 0 Å². The van der Waals surface area contributed by atoms with Gasteiger partial charge in [0.15, 0.2) is 0 Å². The summed E-state index contributed by atoms with van der Waals surface area (Å²) in [6.45, 7) is 0.519. The minimum absolute atomic E-state index is 0.00923. The van der Waals surface area contributed by atoms with Crippen molar-refractivity contribution in [2.24, 2.45) is 0 Å². The van der Waals surface area contributed by atoms with Gasteiger partial charge in [-0.25, -0.2) is 4.79 Å². The second-order valence-corrected chi connectivity index (χ2v) is 4.23. The summed E-state index contributed by atoms with van der Waals surface area (Å²) in [7, 11) is 3.88. The number of aliphatic hydroxyl groups is 1. The fourth-order valence-corrected chi connectivity index (χ4v) is 1.61. The predicted molar refractivity (Wildman–Crippen MR) is 69.3 cm³/mol. The Kier molecular flexibility index (Phi) is 6.18. The SMILES string of the molecule is CN(C)CC(NC(=O)OCCO)c1ccccc1. The Balaban J connectivity index is 2.64. The highest BCUT2D eigenvalue weighted by atomic mass is 16.6. The second kappa shape index (κ2) is 7.68. The molecule has 2 N–H and O–H groups in total. The van der Waals surface area contributed by atoms with Crippen LogP contribution in [0.2, 0.25) is 0 Å². The lowest BCUT2D eigenvalue weighted by Gasteiger charge is -2.22. The van der Waals surface area contributed by atoms with Crippen molar-refractivity contribution in [2.45, 2.75) is 6.04 Å². The van der Waals surface area contributed by atoms with Gasteiger partial charge >= 0.3 is 6.09 Å². The fraction of sp³-hybridized carbons (Fsp3) is 0.462. The lowest BCUT2D eigenvalue weighted by molar-refractivity contribution is 0.114. The number of carbonyl (C=O) groups excluding carboxylic acids is 1. The van der Waals surface area contributed by atoms with Gasteiger partial charge in [0.25, 0.3) is 0 Å². The molecular weight excluding hydrogens is 232 g/mol. The number of aliphatic hydroxyl groups excluding tert-OH is 1. The first-order valence-corrected chi connectivity index (χ1v) is 5.87. The van der Waals surface area contributed by atoms with Gasteiger partial charge < -0.3 is 20.1 Å². The molecule has 18 heavy (non-hydrogen) atoms. The minimum atomic E-state index is -0.514. The van der Waals surface area contributed by atoms with Crippen LogP contribution < -0.4 is 5.32 Å². The van der Waals surface area contributed by atoms with Crippen LogP contribution in [0, 0.1) is 0 Å². The van der Waals surface area contributed by atoms with Crippen LogP contribution in [0.5, 0.6) is 0 Å². The topological polar surface area (TPSA) is 61.8 Å². The van der Waals surface area contributed by atoms with E-state index in [0.29, 0.717) is 6.54 Å². The zero-order valence-corrected chi connectivity index (χ0v) is 10.8. The Bertz CT molecular complexity index is 355. The third kappa shape index (κ3) is 5.16. The van der Waals surface area contributed by atoms with Crippen LogP contribution in [-0.2, 0) is 4.74 Å². The van der Waals surface area contributed by atoms with Gasteiger partial charge in [0.1, 0.15) is 6.61 Å². The Morgan fingerprint density at radius 1 is 1.39 bits per heavy atom. The predicted octanol–water partition coefficient (Wildman–Crippen LogP) is 1.01. The molecule has 1 unspecified atom stereocenters. The first-order chi connectivity index (χ1) is 8.63. The average molecular weight is 252 g/mol. The molecule has 0 aliphatic rings. The molecule has 1 aromatic carbocycles. The third-order valence-electron chi connectivity index (χ3n) is 2.37. The number of amides is 1. The highest BCUT2D eigenvalue weighted by Gasteiger charge is 2.15. The number of hydrogen-bond donors (Lipinski definition) is 2. The highest BCUT2D eigenvalue weighted by molar-refractivity contribution is 5.67. The van der Waals surface area contributed by atoms with Gasteiger partial charge in [-0.15, -0.1) is 0 Å². The summed E-state index contributed by atoms with van der Waals surface area (Å²) in [5.74, 6) is 0. The molecule has 0 aliphatic heterocycles. The molecule has 5 heteroatoms. The van der Waals surface area contributed by atoms with Gasteiger partial charge in [0.05, 0.1) is 12.6 Å². The molecule has 100 valence electrons. The molecule has 0 fully saturated rings. The molecule has 0 radical (unpaired) electrons. The number of carbonyl (C=O) groups is 1. The first-order valence-electron chi connectivity index (χ1n) is 5.87. The van der Waals surface area contributed by atoms with Gasteiger partial charge in [0.2, 0.25) is 0 Å². The van der Waals surface area contributed by atoms with Crippen molar-refractivity contribution in [3.63, 3.8) is 0 Å². The average Bonchev–Trinajstić information content (AvgIpc) is 2.36. The minimum Gasteiger partial charge on any atom is -0.447 e. The molecule has 1 atom stereocenters. The normalized spacial score (nSPS) is 12.2. The lowest BCUT2D eigenvalue weighted by atomic mass is 10.1. The molecule has 0 saturated carbocycles. The fourth-order valence-electron chi connectivity index (χ4n) is 1.61. The standard InChI is InChI=1S/C13H20N2O3/c1-15(2)10-12(11-6-4-3-5-7-11)14-13(17)18-9-8-16/h3-7,12,16H,8-10H2,1-2H3,(H,14,17). The summed E-state index contributed by atoms with van der Waals surface area (Å²) in [5, 5.41) is 11.4. The molecule has 0 bridgehead atoms. The van der Waals surface area contributed by atoms with Gasteiger partial charge in [0, 0.05) is 6.54 Å². The van der Waals surface area contributed by atoms with Crippen LogP contribution in [0.3, 0.4) is 0 Å². The maximum Gasteiger partial charge on any atom is 0.407 e. The third-order valence-corrected chi connectivity index (χ3v) is 2.37. The van der Waals surface area contributed by atoms with Gasteiger partial charge in [-0.2, -0.15) is 0 Å². The van der Waals surface area contributed by atoms with E-state index in [0.717, 1.165) is 5.56 Å². The number of rotatable bonds is 6. The van der Waals surface area contributed by atoms with E-state index < -0.39 is 6.09 Å². The molecule has 5 nitrogen and oxygen atoms in total. The molecule has 0 aromatic heterocycles. The van der Waals surface area contributed by atoms with E-state index in [9.17, 15) is 4.79 Å². The quantitative estimate of drug-likeness (QED) is 0.793. The summed E-state index contributed by atoms with van der Waals surface area (Å²) >= 11 is 0. The molecule has 0 aliphatic carbocycles. The molecule has 0 spiro atoms. The van der Waals surface area contributed by atoms with E-state index >= 15 is 0 Å². The summed E-state index contributed by atoms with van der Waals surface area (Å²) in [5.41, 5.74) is 1.02. The van der Waals surface area contributed by atoms with Crippen LogP contribution in [0.15, 0.2) is 30.3 Å². The van der Waals surface area contributed by atoms with E-state index in [1.807, 2.05) is 49.3 Å². The van der Waals surface area contributed by atoms with E-state index in [-0.39, 0.29) is 19.3 Å². The van der Waals surface area contributed by atoms with Crippen LogP contribution in [-0.4, -0.2) is 50.0 Å². The monoisotopic (exact) mass is 252 g/mol. The molecule has 1 aromatic rings. The Morgan fingerprint density at radius 2 is 2.06 bits per heavy atom. The van der Waals surface area contributed by atoms with Gasteiger partial charge in [-0.05, 0) is 19.7 Å². The van der Waals surface area contributed by atoms with Crippen LogP contribution in [0.25, 0.3) is 0 Å². The largest absolute Gasteiger partial charge is 0.447 e. The molecule has 0 saturated heterocycles. The van der Waals surface area contributed by atoms with E-state index in [4.69, 9.17) is 9.84 Å². The van der Waals surface area contributed by atoms with Gasteiger partial charge in [-0.3, -0.25) is 0 Å². The lowest BCUT2D eigenvalue weighted by Crippen LogP contribution is -2.36. The number of alkyl carbamates (subject to hydrolysis) is 1. The molecule has 0 heterocycles. The van der Waals surface area contributed by atoms with Crippen LogP contribution in [0.4, 0.5) is 4.79 Å². The van der Waals surface area contributed by atoms with Crippen molar-refractivity contribution in [1.29, 1.82) is 0 Å². The Hall–Kier alpha value is -1.59. The van der Waals surface area contributed by atoms with Crippen LogP contribution in [0.1, 0.15) is 11.6 Å². The van der Waals surface area contributed by atoms with Crippen molar-refractivity contribution in [2.75, 3.05) is 33.9 Å². The number of benzene rings is 1. The molecule has 1 rings (SSSR count).